The molecule has 0 atom stereocenters. The predicted molar refractivity (Wildman–Crippen MR) is 59.9 cm³/mol. The van der Waals surface area contributed by atoms with Crippen LogP contribution in [0.2, 0.25) is 0 Å². The van der Waals surface area contributed by atoms with Crippen LogP contribution >= 0.6 is 0 Å². The zero-order chi connectivity index (χ0) is 11.0. The molecule has 15 heavy (non-hydrogen) atoms. The second-order valence-corrected chi connectivity index (χ2v) is 3.48. The van der Waals surface area contributed by atoms with Crippen molar-refractivity contribution in [3.05, 3.63) is 10.4 Å². The lowest BCUT2D eigenvalue weighted by Gasteiger charge is -2.26. The van der Waals surface area contributed by atoms with Gasteiger partial charge in [0.05, 0.1) is 6.54 Å². The Morgan fingerprint density at radius 3 is 3.00 bits per heavy atom. The number of nitrogens with zero attached hydrogens (tertiary/aromatic N) is 3. The highest BCUT2D eigenvalue weighted by molar-refractivity contribution is 5.93. The maximum absolute atomic E-state index is 11.6. The van der Waals surface area contributed by atoms with Crippen LogP contribution in [0.25, 0.3) is 0 Å². The van der Waals surface area contributed by atoms with Crippen LogP contribution in [0.15, 0.2) is 9.79 Å². The number of hydrogen-bond acceptors (Lipinski definition) is 5. The zero-order valence-electron chi connectivity index (χ0n) is 8.74. The minimum Gasteiger partial charge on any atom is -0.369 e. The van der Waals surface area contributed by atoms with Crippen molar-refractivity contribution in [1.82, 2.24) is 9.97 Å². The molecule has 0 spiro atoms. The van der Waals surface area contributed by atoms with Crippen molar-refractivity contribution in [3.63, 3.8) is 0 Å². The van der Waals surface area contributed by atoms with Gasteiger partial charge in [0.2, 0.25) is 5.95 Å². The number of aliphatic imine (C=N–C) groups is 1. The Morgan fingerprint density at radius 1 is 1.60 bits per heavy atom. The summed E-state index contributed by atoms with van der Waals surface area (Å²) < 4.78 is 0. The highest BCUT2D eigenvalue weighted by Crippen LogP contribution is 2.26. The molecule has 0 fully saturated rings. The molecule has 1 aliphatic heterocycles. The molecule has 0 aromatic carbocycles. The summed E-state index contributed by atoms with van der Waals surface area (Å²) in [7, 11) is 0. The van der Waals surface area contributed by atoms with Crippen molar-refractivity contribution in [2.45, 2.75) is 13.8 Å². The summed E-state index contributed by atoms with van der Waals surface area (Å²) in [4.78, 5) is 24.3. The van der Waals surface area contributed by atoms with Gasteiger partial charge in [0.25, 0.3) is 5.56 Å². The third kappa shape index (κ3) is 1.58. The van der Waals surface area contributed by atoms with E-state index in [1.54, 1.807) is 0 Å². The molecule has 2 rings (SSSR count). The first-order chi connectivity index (χ1) is 7.11. The molecular formula is C9H13N5O. The van der Waals surface area contributed by atoms with Gasteiger partial charge in [-0.15, -0.1) is 0 Å². The molecule has 0 aliphatic carbocycles. The number of hydrogen-bond donors (Lipinski definition) is 2. The van der Waals surface area contributed by atoms with Crippen LogP contribution in [0.1, 0.15) is 13.8 Å². The molecule has 1 aromatic rings. The maximum Gasteiger partial charge on any atom is 0.280 e. The number of nitrogen functional groups attached to an aromatic ring is 1. The molecular weight excluding hydrogens is 194 g/mol. The van der Waals surface area contributed by atoms with Gasteiger partial charge in [-0.05, 0) is 13.8 Å². The fraction of sp³-hybridized carbons (Fsp3) is 0.444. The van der Waals surface area contributed by atoms with E-state index in [0.717, 1.165) is 12.3 Å². The van der Waals surface area contributed by atoms with E-state index in [1.807, 2.05) is 18.7 Å². The Labute approximate surface area is 86.8 Å². The second kappa shape index (κ2) is 3.38. The normalized spacial score (nSPS) is 14.8. The number of nitrogens with one attached hydrogen (secondary N) is 1. The van der Waals surface area contributed by atoms with Crippen molar-refractivity contribution >= 4 is 23.2 Å². The van der Waals surface area contributed by atoms with E-state index in [0.29, 0.717) is 18.1 Å². The highest BCUT2D eigenvalue weighted by atomic mass is 16.1. The van der Waals surface area contributed by atoms with Crippen molar-refractivity contribution in [2.24, 2.45) is 4.99 Å². The SMILES string of the molecule is CCN1CC(C)=Nc2c1nc(N)[nH]c2=O. The van der Waals surface area contributed by atoms with E-state index >= 15 is 0 Å². The number of fused-ring (bicyclic) bond motifs is 1. The third-order valence-electron chi connectivity index (χ3n) is 2.30. The molecule has 80 valence electrons. The van der Waals surface area contributed by atoms with E-state index < -0.39 is 0 Å². The number of aromatic nitrogens is 2. The molecule has 0 saturated heterocycles. The molecule has 3 N–H and O–H groups in total. The Hall–Kier alpha value is -1.85. The summed E-state index contributed by atoms with van der Waals surface area (Å²) in [6, 6.07) is 0. The summed E-state index contributed by atoms with van der Waals surface area (Å²) in [5, 5.41) is 0. The summed E-state index contributed by atoms with van der Waals surface area (Å²) in [6.07, 6.45) is 0. The lowest BCUT2D eigenvalue weighted by Crippen LogP contribution is -2.34. The third-order valence-corrected chi connectivity index (χ3v) is 2.30. The van der Waals surface area contributed by atoms with Gasteiger partial charge in [0, 0.05) is 12.3 Å². The lowest BCUT2D eigenvalue weighted by atomic mass is 10.2. The van der Waals surface area contributed by atoms with Crippen LogP contribution in [0.5, 0.6) is 0 Å². The minimum absolute atomic E-state index is 0.131. The Bertz CT molecular complexity index is 476. The smallest absolute Gasteiger partial charge is 0.280 e. The topological polar surface area (TPSA) is 87.4 Å². The summed E-state index contributed by atoms with van der Waals surface area (Å²) in [6.45, 7) is 5.36. The van der Waals surface area contributed by atoms with Crippen LogP contribution in [0, 0.1) is 0 Å². The van der Waals surface area contributed by atoms with Gasteiger partial charge in [-0.25, -0.2) is 4.99 Å². The molecule has 0 saturated carbocycles. The number of aromatic amines is 1. The van der Waals surface area contributed by atoms with Gasteiger partial charge in [-0.1, -0.05) is 0 Å². The second-order valence-electron chi connectivity index (χ2n) is 3.48. The Kier molecular flexibility index (Phi) is 2.18. The lowest BCUT2D eigenvalue weighted by molar-refractivity contribution is 0.875. The largest absolute Gasteiger partial charge is 0.369 e. The first-order valence-corrected chi connectivity index (χ1v) is 4.80. The summed E-state index contributed by atoms with van der Waals surface area (Å²) in [5.74, 6) is 0.705. The number of rotatable bonds is 1. The van der Waals surface area contributed by atoms with Crippen molar-refractivity contribution < 1.29 is 0 Å². The van der Waals surface area contributed by atoms with Crippen molar-refractivity contribution in [2.75, 3.05) is 23.7 Å². The predicted octanol–water partition coefficient (Wildman–Crippen LogP) is 0.284. The average molecular weight is 207 g/mol. The van der Waals surface area contributed by atoms with Gasteiger partial charge in [-0.2, -0.15) is 4.98 Å². The van der Waals surface area contributed by atoms with Crippen LogP contribution in [0.3, 0.4) is 0 Å². The monoisotopic (exact) mass is 207 g/mol. The van der Waals surface area contributed by atoms with Gasteiger partial charge in [0.1, 0.15) is 0 Å². The van der Waals surface area contributed by atoms with Gasteiger partial charge < -0.3 is 10.6 Å². The average Bonchev–Trinajstić information content (AvgIpc) is 2.18. The number of anilines is 2. The fourth-order valence-corrected chi connectivity index (χ4v) is 1.63. The Balaban J connectivity index is 2.66. The summed E-state index contributed by atoms with van der Waals surface area (Å²) in [5.41, 5.74) is 6.47. The first kappa shape index (κ1) is 9.70. The number of nitrogens with two attached hydrogens (primary N) is 1. The molecule has 0 bridgehead atoms. The van der Waals surface area contributed by atoms with Crippen molar-refractivity contribution in [3.8, 4) is 0 Å². The molecule has 6 heteroatoms. The molecule has 0 amide bonds. The van der Waals surface area contributed by atoms with E-state index in [1.165, 1.54) is 0 Å². The maximum atomic E-state index is 11.6. The van der Waals surface area contributed by atoms with Crippen LogP contribution < -0.4 is 16.2 Å². The highest BCUT2D eigenvalue weighted by Gasteiger charge is 2.20. The van der Waals surface area contributed by atoms with Gasteiger partial charge in [0.15, 0.2) is 11.5 Å². The Morgan fingerprint density at radius 2 is 2.33 bits per heavy atom. The van der Waals surface area contributed by atoms with Crippen molar-refractivity contribution in [1.29, 1.82) is 0 Å². The molecule has 0 unspecified atom stereocenters. The van der Waals surface area contributed by atoms with Crippen LogP contribution in [-0.2, 0) is 0 Å². The molecule has 0 radical (unpaired) electrons. The van der Waals surface area contributed by atoms with Crippen LogP contribution in [0.4, 0.5) is 17.5 Å². The van der Waals surface area contributed by atoms with Gasteiger partial charge in [-0.3, -0.25) is 9.78 Å². The minimum atomic E-state index is -0.282. The summed E-state index contributed by atoms with van der Waals surface area (Å²) >= 11 is 0. The first-order valence-electron chi connectivity index (χ1n) is 4.80. The van der Waals surface area contributed by atoms with Crippen LogP contribution in [-0.4, -0.2) is 28.8 Å². The van der Waals surface area contributed by atoms with E-state index in [9.17, 15) is 4.79 Å². The number of H-pyrrole nitrogens is 1. The quantitative estimate of drug-likeness (QED) is 0.692. The molecule has 2 heterocycles. The standard InChI is InChI=1S/C9H13N5O/c1-3-14-4-5(2)11-6-7(14)12-9(10)13-8(6)15/h3-4H2,1-2H3,(H3,10,12,13,15). The van der Waals surface area contributed by atoms with E-state index in [4.69, 9.17) is 5.73 Å². The molecule has 1 aliphatic rings. The molecule has 1 aromatic heterocycles. The fourth-order valence-electron chi connectivity index (χ4n) is 1.63. The molecule has 6 nitrogen and oxygen atoms in total. The van der Waals surface area contributed by atoms with E-state index in [2.05, 4.69) is 15.0 Å². The van der Waals surface area contributed by atoms with E-state index in [-0.39, 0.29) is 11.5 Å². The zero-order valence-corrected chi connectivity index (χ0v) is 8.74. The van der Waals surface area contributed by atoms with Gasteiger partial charge >= 0.3 is 0 Å².